The van der Waals surface area contributed by atoms with Gasteiger partial charge in [-0.05, 0) is 24.1 Å². The molecule has 16 heavy (non-hydrogen) atoms. The van der Waals surface area contributed by atoms with Crippen LogP contribution in [0, 0.1) is 5.92 Å². The van der Waals surface area contributed by atoms with Crippen LogP contribution in [0.2, 0.25) is 5.02 Å². The predicted octanol–water partition coefficient (Wildman–Crippen LogP) is 3.50. The fourth-order valence-corrected chi connectivity index (χ4v) is 1.43. The fraction of sp³-hybridized carbons (Fsp3) is 0.417. The van der Waals surface area contributed by atoms with Crippen LogP contribution in [0.15, 0.2) is 18.2 Å². The second kappa shape index (κ2) is 5.75. The minimum absolute atomic E-state index is 0.135. The van der Waals surface area contributed by atoms with Gasteiger partial charge < -0.3 is 10.4 Å². The molecule has 0 bridgehead atoms. The van der Waals surface area contributed by atoms with Crippen molar-refractivity contribution in [3.63, 3.8) is 0 Å². The van der Waals surface area contributed by atoms with Crippen molar-refractivity contribution in [2.45, 2.75) is 20.3 Å². The summed E-state index contributed by atoms with van der Waals surface area (Å²) < 4.78 is 0. The minimum Gasteiger partial charge on any atom is -0.478 e. The Kier molecular flexibility index (Phi) is 4.62. The zero-order chi connectivity index (χ0) is 12.1. The van der Waals surface area contributed by atoms with E-state index in [-0.39, 0.29) is 10.6 Å². The molecule has 0 fully saturated rings. The SMILES string of the molecule is CCC(C)CNc1ccc(Cl)c(C(=O)O)c1. The van der Waals surface area contributed by atoms with E-state index < -0.39 is 5.97 Å². The van der Waals surface area contributed by atoms with Gasteiger partial charge in [0.05, 0.1) is 10.6 Å². The number of carboxylic acid groups (broad SMARTS) is 1. The molecule has 1 unspecified atom stereocenters. The average molecular weight is 242 g/mol. The van der Waals surface area contributed by atoms with Crippen molar-refractivity contribution >= 4 is 23.3 Å². The second-order valence-electron chi connectivity index (χ2n) is 3.89. The third kappa shape index (κ3) is 3.42. The Bertz CT molecular complexity index is 379. The molecule has 0 heterocycles. The van der Waals surface area contributed by atoms with Gasteiger partial charge in [0.2, 0.25) is 0 Å². The van der Waals surface area contributed by atoms with Gasteiger partial charge in [0, 0.05) is 12.2 Å². The van der Waals surface area contributed by atoms with Crippen molar-refractivity contribution in [2.75, 3.05) is 11.9 Å². The fourth-order valence-electron chi connectivity index (χ4n) is 1.24. The summed E-state index contributed by atoms with van der Waals surface area (Å²) in [5.74, 6) is -0.443. The molecular weight excluding hydrogens is 226 g/mol. The number of rotatable bonds is 5. The van der Waals surface area contributed by atoms with Gasteiger partial charge in [0.1, 0.15) is 0 Å². The van der Waals surface area contributed by atoms with E-state index in [9.17, 15) is 4.79 Å². The summed E-state index contributed by atoms with van der Waals surface area (Å²) in [5.41, 5.74) is 0.929. The molecule has 0 aliphatic carbocycles. The molecule has 0 spiro atoms. The highest BCUT2D eigenvalue weighted by atomic mass is 35.5. The Morgan fingerprint density at radius 3 is 2.81 bits per heavy atom. The Morgan fingerprint density at radius 2 is 2.25 bits per heavy atom. The van der Waals surface area contributed by atoms with Crippen molar-refractivity contribution in [1.82, 2.24) is 0 Å². The molecular formula is C12H16ClNO2. The van der Waals surface area contributed by atoms with Gasteiger partial charge in [-0.3, -0.25) is 0 Å². The largest absolute Gasteiger partial charge is 0.478 e. The maximum atomic E-state index is 10.9. The van der Waals surface area contributed by atoms with Gasteiger partial charge in [-0.25, -0.2) is 4.79 Å². The van der Waals surface area contributed by atoms with E-state index in [1.807, 2.05) is 0 Å². The van der Waals surface area contributed by atoms with Crippen LogP contribution >= 0.6 is 11.6 Å². The standard InChI is InChI=1S/C12H16ClNO2/c1-3-8(2)7-14-9-4-5-11(13)10(6-9)12(15)16/h4-6,8,14H,3,7H2,1-2H3,(H,15,16). The van der Waals surface area contributed by atoms with E-state index in [2.05, 4.69) is 19.2 Å². The molecule has 0 amide bonds. The number of anilines is 1. The van der Waals surface area contributed by atoms with Crippen molar-refractivity contribution < 1.29 is 9.90 Å². The van der Waals surface area contributed by atoms with Gasteiger partial charge in [-0.15, -0.1) is 0 Å². The van der Waals surface area contributed by atoms with E-state index in [0.717, 1.165) is 18.7 Å². The molecule has 0 saturated carbocycles. The van der Waals surface area contributed by atoms with Crippen LogP contribution in [0.25, 0.3) is 0 Å². The van der Waals surface area contributed by atoms with Crippen molar-refractivity contribution in [3.05, 3.63) is 28.8 Å². The lowest BCUT2D eigenvalue weighted by atomic mass is 10.1. The highest BCUT2D eigenvalue weighted by Gasteiger charge is 2.09. The highest BCUT2D eigenvalue weighted by Crippen LogP contribution is 2.20. The molecule has 1 atom stereocenters. The summed E-state index contributed by atoms with van der Waals surface area (Å²) in [6.07, 6.45) is 1.09. The summed E-state index contributed by atoms with van der Waals surface area (Å²) in [6.45, 7) is 5.09. The number of nitrogens with one attached hydrogen (secondary N) is 1. The number of halogens is 1. The van der Waals surface area contributed by atoms with Crippen LogP contribution in [0.1, 0.15) is 30.6 Å². The van der Waals surface area contributed by atoms with Crippen LogP contribution in [0.4, 0.5) is 5.69 Å². The molecule has 3 nitrogen and oxygen atoms in total. The number of hydrogen-bond acceptors (Lipinski definition) is 2. The first kappa shape index (κ1) is 12.8. The number of benzene rings is 1. The summed E-state index contributed by atoms with van der Waals surface area (Å²) >= 11 is 5.77. The lowest BCUT2D eigenvalue weighted by Gasteiger charge is -2.12. The lowest BCUT2D eigenvalue weighted by Crippen LogP contribution is -2.10. The number of carboxylic acids is 1. The first-order valence-corrected chi connectivity index (χ1v) is 5.69. The van der Waals surface area contributed by atoms with E-state index in [1.165, 1.54) is 0 Å². The molecule has 4 heteroatoms. The molecule has 88 valence electrons. The molecule has 1 aromatic rings. The quantitative estimate of drug-likeness (QED) is 0.830. The number of hydrogen-bond donors (Lipinski definition) is 2. The van der Waals surface area contributed by atoms with Crippen LogP contribution in [0.3, 0.4) is 0 Å². The van der Waals surface area contributed by atoms with Gasteiger partial charge >= 0.3 is 5.97 Å². The first-order valence-electron chi connectivity index (χ1n) is 5.31. The van der Waals surface area contributed by atoms with Crippen molar-refractivity contribution in [1.29, 1.82) is 0 Å². The Morgan fingerprint density at radius 1 is 1.56 bits per heavy atom. The highest BCUT2D eigenvalue weighted by molar-refractivity contribution is 6.33. The van der Waals surface area contributed by atoms with Crippen molar-refractivity contribution in [2.24, 2.45) is 5.92 Å². The summed E-state index contributed by atoms with van der Waals surface area (Å²) in [6, 6.07) is 4.95. The van der Waals surface area contributed by atoms with Gasteiger partial charge in [-0.1, -0.05) is 31.9 Å². The molecule has 0 saturated heterocycles. The maximum absolute atomic E-state index is 10.9. The third-order valence-electron chi connectivity index (χ3n) is 2.55. The van der Waals surface area contributed by atoms with Crippen molar-refractivity contribution in [3.8, 4) is 0 Å². The van der Waals surface area contributed by atoms with E-state index in [4.69, 9.17) is 16.7 Å². The Labute approximate surface area is 100 Å². The summed E-state index contributed by atoms with van der Waals surface area (Å²) in [4.78, 5) is 10.9. The average Bonchev–Trinajstić information content (AvgIpc) is 2.27. The molecule has 1 rings (SSSR count). The Hall–Kier alpha value is -1.22. The number of carbonyl (C=O) groups is 1. The van der Waals surface area contributed by atoms with Crippen LogP contribution in [0.5, 0.6) is 0 Å². The zero-order valence-corrected chi connectivity index (χ0v) is 10.2. The molecule has 0 aromatic heterocycles. The van der Waals surface area contributed by atoms with Crippen LogP contribution in [-0.4, -0.2) is 17.6 Å². The topological polar surface area (TPSA) is 49.3 Å². The van der Waals surface area contributed by atoms with E-state index >= 15 is 0 Å². The first-order chi connectivity index (χ1) is 7.54. The predicted molar refractivity (Wildman–Crippen MR) is 66.4 cm³/mol. The summed E-state index contributed by atoms with van der Waals surface area (Å²) in [7, 11) is 0. The molecule has 1 aromatic carbocycles. The van der Waals surface area contributed by atoms with Crippen LogP contribution in [-0.2, 0) is 0 Å². The molecule has 0 aliphatic heterocycles. The third-order valence-corrected chi connectivity index (χ3v) is 2.88. The van der Waals surface area contributed by atoms with E-state index in [0.29, 0.717) is 5.92 Å². The Balaban J connectivity index is 2.75. The lowest BCUT2D eigenvalue weighted by molar-refractivity contribution is 0.0697. The second-order valence-corrected chi connectivity index (χ2v) is 4.30. The zero-order valence-electron chi connectivity index (χ0n) is 9.46. The summed E-state index contributed by atoms with van der Waals surface area (Å²) in [5, 5.41) is 12.4. The van der Waals surface area contributed by atoms with E-state index in [1.54, 1.807) is 18.2 Å². The molecule has 0 radical (unpaired) electrons. The van der Waals surface area contributed by atoms with Crippen LogP contribution < -0.4 is 5.32 Å². The smallest absolute Gasteiger partial charge is 0.337 e. The van der Waals surface area contributed by atoms with Gasteiger partial charge in [0.15, 0.2) is 0 Å². The molecule has 0 aliphatic rings. The van der Waals surface area contributed by atoms with Gasteiger partial charge in [0.25, 0.3) is 0 Å². The number of aromatic carboxylic acids is 1. The minimum atomic E-state index is -1.00. The monoisotopic (exact) mass is 241 g/mol. The maximum Gasteiger partial charge on any atom is 0.337 e. The molecule has 2 N–H and O–H groups in total. The normalized spacial score (nSPS) is 12.2. The van der Waals surface area contributed by atoms with Gasteiger partial charge in [-0.2, -0.15) is 0 Å².